The lowest BCUT2D eigenvalue weighted by molar-refractivity contribution is -0.120. The molecule has 1 unspecified atom stereocenters. The van der Waals surface area contributed by atoms with Crippen molar-refractivity contribution in [1.29, 1.82) is 0 Å². The van der Waals surface area contributed by atoms with Crippen molar-refractivity contribution in [1.82, 2.24) is 9.88 Å². The molecule has 0 fully saturated rings. The number of anilines is 1. The summed E-state index contributed by atoms with van der Waals surface area (Å²) in [5, 5.41) is 2.69. The normalized spacial score (nSPS) is 15.9. The van der Waals surface area contributed by atoms with Gasteiger partial charge in [0.15, 0.2) is 0 Å². The van der Waals surface area contributed by atoms with E-state index in [9.17, 15) is 13.6 Å². The Morgan fingerprint density at radius 1 is 1.26 bits per heavy atom. The molecule has 0 aliphatic carbocycles. The van der Waals surface area contributed by atoms with E-state index in [0.29, 0.717) is 6.54 Å². The summed E-state index contributed by atoms with van der Waals surface area (Å²) < 4.78 is 29.5. The Balaban J connectivity index is 1.63. The molecule has 0 saturated heterocycles. The molecule has 0 saturated carbocycles. The summed E-state index contributed by atoms with van der Waals surface area (Å²) in [7, 11) is 0. The average molecular weight is 373 g/mol. The van der Waals surface area contributed by atoms with E-state index < -0.39 is 12.7 Å². The van der Waals surface area contributed by atoms with Crippen molar-refractivity contribution in [3.63, 3.8) is 0 Å². The minimum Gasteiger partial charge on any atom is -0.433 e. The number of amides is 1. The molecule has 7 heteroatoms. The van der Waals surface area contributed by atoms with Crippen LogP contribution in [-0.4, -0.2) is 41.5 Å². The van der Waals surface area contributed by atoms with Gasteiger partial charge in [-0.3, -0.25) is 14.7 Å². The van der Waals surface area contributed by atoms with E-state index in [1.807, 2.05) is 23.2 Å². The van der Waals surface area contributed by atoms with E-state index in [-0.39, 0.29) is 17.3 Å². The van der Waals surface area contributed by atoms with Gasteiger partial charge in [0.1, 0.15) is 5.75 Å². The Bertz CT molecular complexity index is 812. The predicted octanol–water partition coefficient (Wildman–Crippen LogP) is 3.80. The maximum atomic E-state index is 12.6. The summed E-state index contributed by atoms with van der Waals surface area (Å²) in [6.45, 7) is 0.214. The van der Waals surface area contributed by atoms with Crippen LogP contribution in [0, 0.1) is 0 Å². The molecule has 1 atom stereocenters. The molecule has 1 amide bonds. The number of nitrogens with zero attached hydrogens (tertiary/aromatic N) is 2. The highest BCUT2D eigenvalue weighted by Gasteiger charge is 2.24. The fraction of sp³-hybridized carbons (Fsp3) is 0.300. The molecule has 1 N–H and O–H groups in total. The summed E-state index contributed by atoms with van der Waals surface area (Å²) in [4.78, 5) is 18.7. The van der Waals surface area contributed by atoms with Gasteiger partial charge in [-0.25, -0.2) is 0 Å². The Kier molecular flexibility index (Phi) is 6.13. The molecule has 142 valence electrons. The second-order valence-corrected chi connectivity index (χ2v) is 6.26. The van der Waals surface area contributed by atoms with Gasteiger partial charge in [0, 0.05) is 25.5 Å². The van der Waals surface area contributed by atoms with Crippen LogP contribution < -0.4 is 10.1 Å². The number of alkyl halides is 2. The lowest BCUT2D eigenvalue weighted by Crippen LogP contribution is -2.44. The molecule has 2 aromatic rings. The van der Waals surface area contributed by atoms with E-state index >= 15 is 0 Å². The second-order valence-electron chi connectivity index (χ2n) is 6.26. The van der Waals surface area contributed by atoms with Gasteiger partial charge in [-0.05, 0) is 42.7 Å². The third-order valence-electron chi connectivity index (χ3n) is 4.56. The molecule has 0 radical (unpaired) electrons. The zero-order valence-corrected chi connectivity index (χ0v) is 14.9. The summed E-state index contributed by atoms with van der Waals surface area (Å²) in [5.41, 5.74) is 2.54. The maximum absolute atomic E-state index is 12.6. The topological polar surface area (TPSA) is 54.5 Å². The molecular weight excluding hydrogens is 352 g/mol. The minimum atomic E-state index is -2.95. The van der Waals surface area contributed by atoms with Crippen LogP contribution in [0.5, 0.6) is 5.75 Å². The third-order valence-corrected chi connectivity index (χ3v) is 4.56. The molecule has 2 heterocycles. The molecule has 27 heavy (non-hydrogen) atoms. The van der Waals surface area contributed by atoms with E-state index in [1.165, 1.54) is 11.6 Å². The number of halogens is 2. The number of benzene rings is 1. The quantitative estimate of drug-likeness (QED) is 0.837. The van der Waals surface area contributed by atoms with E-state index in [2.05, 4.69) is 21.1 Å². The predicted molar refractivity (Wildman–Crippen MR) is 99.6 cm³/mol. The van der Waals surface area contributed by atoms with Gasteiger partial charge in [-0.15, -0.1) is 0 Å². The first-order valence-corrected chi connectivity index (χ1v) is 8.73. The zero-order valence-electron chi connectivity index (χ0n) is 14.9. The Labute approximate surface area is 156 Å². The number of ether oxygens (including phenoxy) is 1. The lowest BCUT2D eigenvalue weighted by atomic mass is 10.0. The molecule has 5 nitrogen and oxygen atoms in total. The number of para-hydroxylation sites is 2. The van der Waals surface area contributed by atoms with Crippen LogP contribution in [0.2, 0.25) is 0 Å². The fourth-order valence-electron chi connectivity index (χ4n) is 3.02. The number of hydrogen-bond acceptors (Lipinski definition) is 4. The van der Waals surface area contributed by atoms with Crippen molar-refractivity contribution in [2.45, 2.75) is 26.0 Å². The van der Waals surface area contributed by atoms with Crippen molar-refractivity contribution in [3.8, 4) is 5.75 Å². The molecule has 3 rings (SSSR count). The number of rotatable bonds is 6. The van der Waals surface area contributed by atoms with Crippen LogP contribution in [0.1, 0.15) is 18.9 Å². The Morgan fingerprint density at radius 3 is 2.74 bits per heavy atom. The molecule has 0 bridgehead atoms. The zero-order chi connectivity index (χ0) is 19.2. The van der Waals surface area contributed by atoms with Crippen molar-refractivity contribution in [2.75, 3.05) is 18.4 Å². The number of hydrogen-bond donors (Lipinski definition) is 1. The Hall–Kier alpha value is -2.80. The van der Waals surface area contributed by atoms with Crippen molar-refractivity contribution < 1.29 is 18.3 Å². The Morgan fingerprint density at radius 2 is 2.07 bits per heavy atom. The molecule has 1 aromatic heterocycles. The highest BCUT2D eigenvalue weighted by molar-refractivity contribution is 5.95. The van der Waals surface area contributed by atoms with Gasteiger partial charge in [0.2, 0.25) is 5.91 Å². The second kappa shape index (κ2) is 8.73. The van der Waals surface area contributed by atoms with Crippen molar-refractivity contribution >= 4 is 17.2 Å². The molecular formula is C20H21F2N3O2. The van der Waals surface area contributed by atoms with Crippen LogP contribution in [0.4, 0.5) is 14.5 Å². The van der Waals surface area contributed by atoms with Gasteiger partial charge >= 0.3 is 6.61 Å². The largest absolute Gasteiger partial charge is 0.433 e. The minimum absolute atomic E-state index is 0.0505. The molecule has 1 aliphatic rings. The number of pyridine rings is 1. The van der Waals surface area contributed by atoms with E-state index in [1.54, 1.807) is 31.3 Å². The standard InChI is InChI=1S/C20H21F2N3O2/c1-14(19(26)24-17-6-2-3-7-18(17)27-20(21)22)25-11-8-15(9-12-25)16-5-4-10-23-13-16/h2-8,10,13-14,20H,9,11-12H2,1H3,(H,24,26). The van der Waals surface area contributed by atoms with Crippen LogP contribution in [0.3, 0.4) is 0 Å². The number of carbonyl (C=O) groups is 1. The summed E-state index contributed by atoms with van der Waals surface area (Å²) in [5.74, 6) is -0.316. The van der Waals surface area contributed by atoms with Gasteiger partial charge in [0.25, 0.3) is 0 Å². The highest BCUT2D eigenvalue weighted by atomic mass is 19.3. The summed E-state index contributed by atoms with van der Waals surface area (Å²) in [6, 6.07) is 9.68. The van der Waals surface area contributed by atoms with Crippen LogP contribution in [-0.2, 0) is 4.79 Å². The average Bonchev–Trinajstić information content (AvgIpc) is 2.69. The summed E-state index contributed by atoms with van der Waals surface area (Å²) in [6.07, 6.45) is 6.48. The van der Waals surface area contributed by atoms with E-state index in [0.717, 1.165) is 18.5 Å². The third kappa shape index (κ3) is 4.89. The highest BCUT2D eigenvalue weighted by Crippen LogP contribution is 2.27. The number of aromatic nitrogens is 1. The first-order valence-electron chi connectivity index (χ1n) is 8.73. The molecule has 0 spiro atoms. The molecule has 1 aliphatic heterocycles. The van der Waals surface area contributed by atoms with Crippen molar-refractivity contribution in [2.24, 2.45) is 0 Å². The smallest absolute Gasteiger partial charge is 0.387 e. The fourth-order valence-corrected chi connectivity index (χ4v) is 3.02. The van der Waals surface area contributed by atoms with Gasteiger partial charge in [-0.2, -0.15) is 8.78 Å². The van der Waals surface area contributed by atoms with Crippen LogP contribution in [0.15, 0.2) is 54.9 Å². The van der Waals surface area contributed by atoms with Crippen molar-refractivity contribution in [3.05, 3.63) is 60.4 Å². The monoisotopic (exact) mass is 373 g/mol. The number of nitrogens with one attached hydrogen (secondary N) is 1. The van der Waals surface area contributed by atoms with E-state index in [4.69, 9.17) is 0 Å². The van der Waals surface area contributed by atoms with Gasteiger partial charge in [0.05, 0.1) is 11.7 Å². The van der Waals surface area contributed by atoms with Gasteiger partial charge < -0.3 is 10.1 Å². The SMILES string of the molecule is CC(C(=O)Nc1ccccc1OC(F)F)N1CC=C(c2cccnc2)CC1. The summed E-state index contributed by atoms with van der Waals surface area (Å²) >= 11 is 0. The maximum Gasteiger partial charge on any atom is 0.387 e. The van der Waals surface area contributed by atoms with Gasteiger partial charge in [-0.1, -0.05) is 24.3 Å². The first kappa shape index (κ1) is 19.0. The molecule has 1 aromatic carbocycles. The van der Waals surface area contributed by atoms with Crippen LogP contribution >= 0.6 is 0 Å². The number of carbonyl (C=O) groups excluding carboxylic acids is 1. The first-order chi connectivity index (χ1) is 13.0. The lowest BCUT2D eigenvalue weighted by Gasteiger charge is -2.31. The van der Waals surface area contributed by atoms with Crippen LogP contribution in [0.25, 0.3) is 5.57 Å².